The maximum Gasteiger partial charge on any atom is 0.367 e. The first-order chi connectivity index (χ1) is 8.40. The first-order valence-electron chi connectivity index (χ1n) is 6.59. The highest BCUT2D eigenvalue weighted by Gasteiger charge is 2.19. The minimum atomic E-state index is -0.186. The van der Waals surface area contributed by atoms with Crippen LogP contribution < -0.4 is 5.32 Å². The zero-order valence-corrected chi connectivity index (χ0v) is 12.7. The molecule has 1 N–H and O–H groups in total. The lowest BCUT2D eigenvalue weighted by Crippen LogP contribution is -2.43. The number of nitrogens with one attached hydrogen (secondary N) is 1. The molecule has 0 fully saturated rings. The van der Waals surface area contributed by atoms with E-state index in [-0.39, 0.29) is 16.9 Å². The van der Waals surface area contributed by atoms with E-state index in [2.05, 4.69) is 32.2 Å². The Kier molecular flexibility index (Phi) is 6.22. The lowest BCUT2D eigenvalue weighted by atomic mass is 9.97. The van der Waals surface area contributed by atoms with Crippen molar-refractivity contribution in [3.63, 3.8) is 0 Å². The van der Waals surface area contributed by atoms with Gasteiger partial charge in [-0.05, 0) is 70.5 Å². The van der Waals surface area contributed by atoms with Crippen molar-refractivity contribution in [1.29, 1.82) is 0 Å². The van der Waals surface area contributed by atoms with Gasteiger partial charge in [0.2, 0.25) is 0 Å². The largest absolute Gasteiger partial charge is 0.450 e. The fraction of sp³-hybridized carbons (Fsp3) is 0.786. The molecule has 0 saturated carbocycles. The van der Waals surface area contributed by atoms with Crippen molar-refractivity contribution in [3.05, 3.63) is 12.2 Å². The topological polar surface area (TPSA) is 38.3 Å². The smallest absolute Gasteiger partial charge is 0.367 e. The van der Waals surface area contributed by atoms with Crippen LogP contribution in [0.1, 0.15) is 46.5 Å². The van der Waals surface area contributed by atoms with Gasteiger partial charge in [0.25, 0.3) is 0 Å². The highest BCUT2D eigenvalue weighted by Crippen LogP contribution is 2.18. The Labute approximate surface area is 115 Å². The van der Waals surface area contributed by atoms with Gasteiger partial charge in [-0.15, -0.1) is 0 Å². The Hall–Kier alpha value is -0.480. The van der Waals surface area contributed by atoms with Gasteiger partial charge in [-0.1, -0.05) is 6.08 Å². The number of carbonyl (C=O) groups is 1. The summed E-state index contributed by atoms with van der Waals surface area (Å²) in [5.74, 6) is 0. The van der Waals surface area contributed by atoms with Crippen LogP contribution in [-0.4, -0.2) is 29.2 Å². The van der Waals surface area contributed by atoms with E-state index < -0.39 is 0 Å². The number of rotatable bonds is 2. The molecular weight excluding hydrogens is 246 g/mol. The van der Waals surface area contributed by atoms with Crippen molar-refractivity contribution in [2.45, 2.75) is 64.1 Å². The van der Waals surface area contributed by atoms with E-state index in [1.807, 2.05) is 6.08 Å². The van der Waals surface area contributed by atoms with Gasteiger partial charge in [-0.3, -0.25) is 0 Å². The van der Waals surface area contributed by atoms with E-state index in [1.54, 1.807) is 6.26 Å². The SMILES string of the molecule is CSC(=O)OC1/C=C/CC(NC(C)(C)C)CCC1. The number of thioether (sulfide) groups is 1. The average Bonchev–Trinajstić information content (AvgIpc) is 2.22. The normalized spacial score (nSPS) is 27.1. The third kappa shape index (κ3) is 6.45. The third-order valence-corrected chi connectivity index (χ3v) is 3.29. The van der Waals surface area contributed by atoms with E-state index >= 15 is 0 Å². The maximum atomic E-state index is 11.2. The zero-order valence-electron chi connectivity index (χ0n) is 11.9. The second-order valence-electron chi connectivity index (χ2n) is 5.80. The zero-order chi connectivity index (χ0) is 13.6. The van der Waals surface area contributed by atoms with Crippen molar-refractivity contribution in [3.8, 4) is 0 Å². The van der Waals surface area contributed by atoms with Gasteiger partial charge in [0.1, 0.15) is 6.10 Å². The molecule has 0 heterocycles. The molecule has 0 saturated heterocycles. The van der Waals surface area contributed by atoms with Crippen LogP contribution in [0.5, 0.6) is 0 Å². The summed E-state index contributed by atoms with van der Waals surface area (Å²) in [6, 6.07) is 0.526. The second kappa shape index (κ2) is 7.19. The Bertz CT molecular complexity index is 297. The van der Waals surface area contributed by atoms with Crippen LogP contribution in [-0.2, 0) is 4.74 Å². The van der Waals surface area contributed by atoms with Gasteiger partial charge >= 0.3 is 5.30 Å². The number of hydrogen-bond acceptors (Lipinski definition) is 4. The Morgan fingerprint density at radius 2 is 2.11 bits per heavy atom. The van der Waals surface area contributed by atoms with Gasteiger partial charge in [0.05, 0.1) is 0 Å². The molecule has 0 aromatic heterocycles. The van der Waals surface area contributed by atoms with Crippen LogP contribution in [0.2, 0.25) is 0 Å². The third-order valence-electron chi connectivity index (χ3n) is 2.86. The van der Waals surface area contributed by atoms with Crippen molar-refractivity contribution in [2.75, 3.05) is 6.26 Å². The van der Waals surface area contributed by atoms with Crippen LogP contribution in [0, 0.1) is 0 Å². The van der Waals surface area contributed by atoms with Crippen molar-refractivity contribution in [1.82, 2.24) is 5.32 Å². The monoisotopic (exact) mass is 271 g/mol. The molecule has 0 bridgehead atoms. The van der Waals surface area contributed by atoms with Crippen LogP contribution in [0.25, 0.3) is 0 Å². The van der Waals surface area contributed by atoms with E-state index in [1.165, 1.54) is 0 Å². The van der Waals surface area contributed by atoms with Gasteiger partial charge in [-0.2, -0.15) is 0 Å². The minimum absolute atomic E-state index is 0.0412. The summed E-state index contributed by atoms with van der Waals surface area (Å²) in [7, 11) is 0. The summed E-state index contributed by atoms with van der Waals surface area (Å²) < 4.78 is 5.33. The summed E-state index contributed by atoms with van der Waals surface area (Å²) >= 11 is 1.13. The molecule has 104 valence electrons. The molecule has 0 aromatic rings. The van der Waals surface area contributed by atoms with Gasteiger partial charge in [0, 0.05) is 11.6 Å². The number of carbonyl (C=O) groups excluding carboxylic acids is 1. The molecule has 3 nitrogen and oxygen atoms in total. The highest BCUT2D eigenvalue weighted by atomic mass is 32.2. The van der Waals surface area contributed by atoms with E-state index in [0.717, 1.165) is 37.4 Å². The molecule has 1 aliphatic carbocycles. The molecule has 0 amide bonds. The van der Waals surface area contributed by atoms with Crippen molar-refractivity contribution < 1.29 is 9.53 Å². The standard InChI is InChI=1S/C14H25NO2S/c1-14(2,3)15-11-7-5-9-12(10-6-8-11)17-13(16)18-4/h5,9,11-12,15H,6-8,10H2,1-4H3/b9-5+. The summed E-state index contributed by atoms with van der Waals surface area (Å²) in [6.07, 6.45) is 10.0. The fourth-order valence-electron chi connectivity index (χ4n) is 2.19. The summed E-state index contributed by atoms with van der Waals surface area (Å²) in [5, 5.41) is 3.44. The average molecular weight is 271 g/mol. The van der Waals surface area contributed by atoms with Crippen LogP contribution >= 0.6 is 11.8 Å². The maximum absolute atomic E-state index is 11.2. The van der Waals surface area contributed by atoms with Gasteiger partial charge < -0.3 is 10.1 Å². The van der Waals surface area contributed by atoms with E-state index in [4.69, 9.17) is 4.74 Å². The molecule has 2 unspecified atom stereocenters. The highest BCUT2D eigenvalue weighted by molar-refractivity contribution is 8.12. The fourth-order valence-corrected chi connectivity index (χ4v) is 2.41. The predicted molar refractivity (Wildman–Crippen MR) is 78.1 cm³/mol. The Morgan fingerprint density at radius 3 is 2.72 bits per heavy atom. The molecule has 0 aliphatic heterocycles. The molecule has 1 aliphatic rings. The minimum Gasteiger partial charge on any atom is -0.450 e. The number of hydrogen-bond donors (Lipinski definition) is 1. The van der Waals surface area contributed by atoms with Crippen LogP contribution in [0.4, 0.5) is 4.79 Å². The van der Waals surface area contributed by atoms with E-state index in [0.29, 0.717) is 6.04 Å². The molecule has 18 heavy (non-hydrogen) atoms. The van der Waals surface area contributed by atoms with Crippen molar-refractivity contribution >= 4 is 17.1 Å². The summed E-state index contributed by atoms with van der Waals surface area (Å²) in [4.78, 5) is 11.2. The summed E-state index contributed by atoms with van der Waals surface area (Å²) in [5.41, 5.74) is 0.155. The molecule has 2 atom stereocenters. The second-order valence-corrected chi connectivity index (χ2v) is 6.54. The quantitative estimate of drug-likeness (QED) is 0.613. The van der Waals surface area contributed by atoms with Crippen LogP contribution in [0.3, 0.4) is 0 Å². The van der Waals surface area contributed by atoms with Gasteiger partial charge in [0.15, 0.2) is 0 Å². The first-order valence-corrected chi connectivity index (χ1v) is 7.82. The first kappa shape index (κ1) is 15.6. The molecule has 0 aromatic carbocycles. The molecule has 4 heteroatoms. The molecule has 1 rings (SSSR count). The summed E-state index contributed by atoms with van der Waals surface area (Å²) in [6.45, 7) is 6.58. The van der Waals surface area contributed by atoms with E-state index in [9.17, 15) is 4.79 Å². The predicted octanol–water partition coefficient (Wildman–Crippen LogP) is 3.74. The van der Waals surface area contributed by atoms with Crippen LogP contribution in [0.15, 0.2) is 12.2 Å². The molecular formula is C14H25NO2S. The molecule has 0 radical (unpaired) electrons. The van der Waals surface area contributed by atoms with Gasteiger partial charge in [-0.25, -0.2) is 4.79 Å². The number of ether oxygens (including phenoxy) is 1. The Morgan fingerprint density at radius 1 is 1.39 bits per heavy atom. The molecule has 0 spiro atoms. The van der Waals surface area contributed by atoms with Crippen molar-refractivity contribution in [2.24, 2.45) is 0 Å². The Balaban J connectivity index is 2.45. The lowest BCUT2D eigenvalue weighted by molar-refractivity contribution is 0.138. The lowest BCUT2D eigenvalue weighted by Gasteiger charge is -2.29.